The van der Waals surface area contributed by atoms with Crippen molar-refractivity contribution in [1.82, 2.24) is 5.32 Å². The molecule has 0 bridgehead atoms. The summed E-state index contributed by atoms with van der Waals surface area (Å²) in [7, 11) is -3.72. The zero-order valence-corrected chi connectivity index (χ0v) is 15.8. The molecule has 6 nitrogen and oxygen atoms in total. The largest absolute Gasteiger partial charge is 0.348 e. The standard InChI is InChI=1S/C19H21FN2O4S/c1-13-3-9-17(10-4-13)22-27(25,26)12-14(2)19(24)21-11-18(23)15-5-7-16(20)8-6-15/h3-10,14,22H,11-12H2,1-2H3,(H,21,24). The Kier molecular flexibility index (Phi) is 6.68. The lowest BCUT2D eigenvalue weighted by molar-refractivity contribution is -0.123. The van der Waals surface area contributed by atoms with E-state index >= 15 is 0 Å². The maximum atomic E-state index is 12.9. The minimum absolute atomic E-state index is 0.262. The molecule has 0 saturated carbocycles. The SMILES string of the molecule is Cc1ccc(NS(=O)(=O)CC(C)C(=O)NCC(=O)c2ccc(F)cc2)cc1. The van der Waals surface area contributed by atoms with Gasteiger partial charge >= 0.3 is 0 Å². The first-order valence-corrected chi connectivity index (χ1v) is 9.95. The van der Waals surface area contributed by atoms with Gasteiger partial charge in [-0.3, -0.25) is 14.3 Å². The molecule has 0 aromatic heterocycles. The fourth-order valence-corrected chi connectivity index (χ4v) is 3.72. The number of hydrogen-bond donors (Lipinski definition) is 2. The van der Waals surface area contributed by atoms with Gasteiger partial charge in [0, 0.05) is 11.3 Å². The third-order valence-electron chi connectivity index (χ3n) is 3.83. The topological polar surface area (TPSA) is 92.3 Å². The van der Waals surface area contributed by atoms with Crippen LogP contribution in [0.1, 0.15) is 22.8 Å². The molecule has 0 saturated heterocycles. The summed E-state index contributed by atoms with van der Waals surface area (Å²) in [5.74, 6) is -2.68. The van der Waals surface area contributed by atoms with Crippen molar-refractivity contribution in [2.45, 2.75) is 13.8 Å². The first kappa shape index (κ1) is 20.6. The van der Waals surface area contributed by atoms with Gasteiger partial charge in [0.1, 0.15) is 5.82 Å². The summed E-state index contributed by atoms with van der Waals surface area (Å²) in [5, 5.41) is 2.41. The third kappa shape index (κ3) is 6.49. The molecule has 27 heavy (non-hydrogen) atoms. The molecule has 2 aromatic carbocycles. The van der Waals surface area contributed by atoms with E-state index < -0.39 is 39.2 Å². The summed E-state index contributed by atoms with van der Waals surface area (Å²) in [6.45, 7) is 3.06. The number of benzene rings is 2. The normalized spacial score (nSPS) is 12.3. The van der Waals surface area contributed by atoms with E-state index in [4.69, 9.17) is 0 Å². The van der Waals surface area contributed by atoms with Crippen LogP contribution in [0.5, 0.6) is 0 Å². The van der Waals surface area contributed by atoms with Gasteiger partial charge in [0.05, 0.1) is 18.2 Å². The van der Waals surface area contributed by atoms with Crippen LogP contribution in [-0.4, -0.2) is 32.4 Å². The molecule has 0 aliphatic heterocycles. The highest BCUT2D eigenvalue weighted by molar-refractivity contribution is 7.92. The Morgan fingerprint density at radius 1 is 1.04 bits per heavy atom. The van der Waals surface area contributed by atoms with E-state index in [2.05, 4.69) is 10.0 Å². The van der Waals surface area contributed by atoms with Crippen LogP contribution in [-0.2, 0) is 14.8 Å². The predicted molar refractivity (Wildman–Crippen MR) is 101 cm³/mol. The van der Waals surface area contributed by atoms with Gasteiger partial charge in [-0.15, -0.1) is 0 Å². The quantitative estimate of drug-likeness (QED) is 0.675. The fourth-order valence-electron chi connectivity index (χ4n) is 2.33. The predicted octanol–water partition coefficient (Wildman–Crippen LogP) is 2.51. The van der Waals surface area contributed by atoms with E-state index in [0.29, 0.717) is 5.69 Å². The summed E-state index contributed by atoms with van der Waals surface area (Å²) < 4.78 is 39.7. The summed E-state index contributed by atoms with van der Waals surface area (Å²) in [6, 6.07) is 11.8. The zero-order chi connectivity index (χ0) is 20.0. The molecule has 0 aliphatic carbocycles. The number of Topliss-reactive ketones (excluding diaryl/α,β-unsaturated/α-hetero) is 1. The van der Waals surface area contributed by atoms with Gasteiger partial charge in [-0.2, -0.15) is 0 Å². The van der Waals surface area contributed by atoms with Crippen molar-refractivity contribution in [3.8, 4) is 0 Å². The van der Waals surface area contributed by atoms with E-state index in [9.17, 15) is 22.4 Å². The smallest absolute Gasteiger partial charge is 0.233 e. The van der Waals surface area contributed by atoms with Crippen molar-refractivity contribution >= 4 is 27.4 Å². The number of sulfonamides is 1. The summed E-state index contributed by atoms with van der Waals surface area (Å²) in [5.41, 5.74) is 1.68. The highest BCUT2D eigenvalue weighted by atomic mass is 32.2. The maximum absolute atomic E-state index is 12.9. The Balaban J connectivity index is 1.87. The molecule has 1 amide bonds. The third-order valence-corrected chi connectivity index (χ3v) is 5.32. The lowest BCUT2D eigenvalue weighted by Crippen LogP contribution is -2.37. The molecule has 2 N–H and O–H groups in total. The highest BCUT2D eigenvalue weighted by Crippen LogP contribution is 2.12. The summed E-state index contributed by atoms with van der Waals surface area (Å²) in [6.07, 6.45) is 0. The van der Waals surface area contributed by atoms with Crippen molar-refractivity contribution in [3.63, 3.8) is 0 Å². The van der Waals surface area contributed by atoms with Gasteiger partial charge in [-0.05, 0) is 43.3 Å². The van der Waals surface area contributed by atoms with Gasteiger partial charge in [0.25, 0.3) is 0 Å². The van der Waals surface area contributed by atoms with Gasteiger partial charge in [-0.25, -0.2) is 12.8 Å². The fraction of sp³-hybridized carbons (Fsp3) is 0.263. The molecule has 0 radical (unpaired) electrons. The second kappa shape index (κ2) is 8.77. The van der Waals surface area contributed by atoms with Crippen LogP contribution >= 0.6 is 0 Å². The van der Waals surface area contributed by atoms with Crippen molar-refractivity contribution in [2.75, 3.05) is 17.0 Å². The number of halogens is 1. The van der Waals surface area contributed by atoms with Gasteiger partial charge in [0.2, 0.25) is 15.9 Å². The van der Waals surface area contributed by atoms with Crippen molar-refractivity contribution < 1.29 is 22.4 Å². The van der Waals surface area contributed by atoms with Crippen LogP contribution in [0.4, 0.5) is 10.1 Å². The number of ketones is 1. The van der Waals surface area contributed by atoms with E-state index in [0.717, 1.165) is 17.7 Å². The second-order valence-corrected chi connectivity index (χ2v) is 8.07. The number of hydrogen-bond acceptors (Lipinski definition) is 4. The minimum atomic E-state index is -3.72. The minimum Gasteiger partial charge on any atom is -0.348 e. The maximum Gasteiger partial charge on any atom is 0.233 e. The molecule has 0 heterocycles. The van der Waals surface area contributed by atoms with Crippen molar-refractivity contribution in [2.24, 2.45) is 5.92 Å². The van der Waals surface area contributed by atoms with Crippen LogP contribution in [0.3, 0.4) is 0 Å². The molecule has 144 valence electrons. The van der Waals surface area contributed by atoms with E-state index in [1.165, 1.54) is 19.1 Å². The second-order valence-electron chi connectivity index (χ2n) is 6.30. The molecule has 0 fully saturated rings. The molecule has 0 spiro atoms. The van der Waals surface area contributed by atoms with Crippen LogP contribution in [0.15, 0.2) is 48.5 Å². The molecular weight excluding hydrogens is 371 g/mol. The van der Waals surface area contributed by atoms with E-state index in [-0.39, 0.29) is 12.1 Å². The molecule has 2 aromatic rings. The Morgan fingerprint density at radius 3 is 2.22 bits per heavy atom. The van der Waals surface area contributed by atoms with Crippen molar-refractivity contribution in [3.05, 3.63) is 65.5 Å². The van der Waals surface area contributed by atoms with Gasteiger partial charge in [0.15, 0.2) is 5.78 Å². The average Bonchev–Trinajstić information content (AvgIpc) is 2.61. The number of nitrogens with one attached hydrogen (secondary N) is 2. The Morgan fingerprint density at radius 2 is 1.63 bits per heavy atom. The number of aryl methyl sites for hydroxylation is 1. The number of rotatable bonds is 8. The highest BCUT2D eigenvalue weighted by Gasteiger charge is 2.22. The summed E-state index contributed by atoms with van der Waals surface area (Å²) in [4.78, 5) is 24.1. The lowest BCUT2D eigenvalue weighted by atomic mass is 10.1. The van der Waals surface area contributed by atoms with E-state index in [1.807, 2.05) is 6.92 Å². The monoisotopic (exact) mass is 392 g/mol. The number of anilines is 1. The van der Waals surface area contributed by atoms with Crippen LogP contribution in [0.25, 0.3) is 0 Å². The van der Waals surface area contributed by atoms with Crippen LogP contribution in [0, 0.1) is 18.7 Å². The first-order chi connectivity index (χ1) is 12.7. The average molecular weight is 392 g/mol. The van der Waals surface area contributed by atoms with Gasteiger partial charge < -0.3 is 5.32 Å². The van der Waals surface area contributed by atoms with Crippen molar-refractivity contribution in [1.29, 1.82) is 0 Å². The Hall–Kier alpha value is -2.74. The van der Waals surface area contributed by atoms with Crippen LogP contribution < -0.4 is 10.0 Å². The molecule has 8 heteroatoms. The molecule has 1 atom stereocenters. The number of amides is 1. The Labute approximate surface area is 157 Å². The van der Waals surface area contributed by atoms with E-state index in [1.54, 1.807) is 24.3 Å². The Bertz CT molecular complexity index is 910. The summed E-state index contributed by atoms with van der Waals surface area (Å²) >= 11 is 0. The molecule has 0 aliphatic rings. The molecular formula is C19H21FN2O4S. The zero-order valence-electron chi connectivity index (χ0n) is 15.0. The lowest BCUT2D eigenvalue weighted by Gasteiger charge is -2.14. The number of carbonyl (C=O) groups is 2. The van der Waals surface area contributed by atoms with Gasteiger partial charge in [-0.1, -0.05) is 24.6 Å². The van der Waals surface area contributed by atoms with Crippen LogP contribution in [0.2, 0.25) is 0 Å². The number of carbonyl (C=O) groups excluding carboxylic acids is 2. The first-order valence-electron chi connectivity index (χ1n) is 8.30. The molecule has 1 unspecified atom stereocenters. The molecule has 2 rings (SSSR count).